The first-order chi connectivity index (χ1) is 9.99. The second-order valence-corrected chi connectivity index (χ2v) is 4.74. The van der Waals surface area contributed by atoms with E-state index in [0.717, 1.165) is 6.07 Å². The maximum atomic E-state index is 13.8. The van der Waals surface area contributed by atoms with Crippen LogP contribution in [0, 0.1) is 17.6 Å². The van der Waals surface area contributed by atoms with Gasteiger partial charge in [-0.3, -0.25) is 0 Å². The highest BCUT2D eigenvalue weighted by Gasteiger charge is 2.39. The Morgan fingerprint density at radius 3 is 1.95 bits per heavy atom. The number of halogens is 2. The standard InChI is InChI=1S/C16H24F2O3/c1-5-19-16(20-6-2,21-7-3)12(4)10-13-8-9-14(17)11-15(13)18/h8-9,11-12H,5-7,10H2,1-4H3. The van der Waals surface area contributed by atoms with E-state index in [1.54, 1.807) is 0 Å². The number of hydrogen-bond donors (Lipinski definition) is 0. The van der Waals surface area contributed by atoms with Crippen LogP contribution in [0.5, 0.6) is 0 Å². The van der Waals surface area contributed by atoms with Crippen molar-refractivity contribution >= 4 is 0 Å². The summed E-state index contributed by atoms with van der Waals surface area (Å²) in [5, 5.41) is 0. The fourth-order valence-corrected chi connectivity index (χ4v) is 2.30. The quantitative estimate of drug-likeness (QED) is 0.647. The smallest absolute Gasteiger partial charge is 0.285 e. The van der Waals surface area contributed by atoms with Gasteiger partial charge >= 0.3 is 0 Å². The van der Waals surface area contributed by atoms with Gasteiger partial charge in [-0.25, -0.2) is 8.78 Å². The van der Waals surface area contributed by atoms with E-state index in [9.17, 15) is 8.78 Å². The first-order valence-electron chi connectivity index (χ1n) is 7.34. The third-order valence-corrected chi connectivity index (χ3v) is 3.18. The van der Waals surface area contributed by atoms with Crippen molar-refractivity contribution in [3.05, 3.63) is 35.4 Å². The Hall–Kier alpha value is -1.04. The second-order valence-electron chi connectivity index (χ2n) is 4.74. The molecule has 120 valence electrons. The molecule has 0 bridgehead atoms. The maximum Gasteiger partial charge on any atom is 0.285 e. The van der Waals surface area contributed by atoms with Crippen molar-refractivity contribution in [2.45, 2.75) is 40.1 Å². The molecule has 1 aromatic rings. The van der Waals surface area contributed by atoms with Crippen LogP contribution in [0.15, 0.2) is 18.2 Å². The van der Waals surface area contributed by atoms with Gasteiger partial charge in [-0.1, -0.05) is 13.0 Å². The van der Waals surface area contributed by atoms with Gasteiger partial charge in [0.1, 0.15) is 11.6 Å². The van der Waals surface area contributed by atoms with Gasteiger partial charge in [0, 0.05) is 31.8 Å². The van der Waals surface area contributed by atoms with Crippen LogP contribution >= 0.6 is 0 Å². The third-order valence-electron chi connectivity index (χ3n) is 3.18. The Kier molecular flexibility index (Phi) is 7.22. The van der Waals surface area contributed by atoms with Crippen LogP contribution in [0.2, 0.25) is 0 Å². The highest BCUT2D eigenvalue weighted by molar-refractivity contribution is 5.19. The molecule has 1 aromatic carbocycles. The molecule has 1 rings (SSSR count). The van der Waals surface area contributed by atoms with Crippen molar-refractivity contribution in [3.8, 4) is 0 Å². The van der Waals surface area contributed by atoms with Crippen molar-refractivity contribution in [1.29, 1.82) is 0 Å². The molecule has 3 nitrogen and oxygen atoms in total. The number of ether oxygens (including phenoxy) is 3. The van der Waals surface area contributed by atoms with Crippen molar-refractivity contribution in [2.24, 2.45) is 5.92 Å². The summed E-state index contributed by atoms with van der Waals surface area (Å²) in [6.07, 6.45) is 0.326. The van der Waals surface area contributed by atoms with E-state index in [1.165, 1.54) is 12.1 Å². The van der Waals surface area contributed by atoms with E-state index in [4.69, 9.17) is 14.2 Å². The molecular weight excluding hydrogens is 278 g/mol. The molecule has 0 saturated carbocycles. The van der Waals surface area contributed by atoms with Gasteiger partial charge in [-0.2, -0.15) is 0 Å². The van der Waals surface area contributed by atoms with E-state index in [2.05, 4.69) is 0 Å². The van der Waals surface area contributed by atoms with E-state index in [0.29, 0.717) is 31.8 Å². The fourth-order valence-electron chi connectivity index (χ4n) is 2.30. The van der Waals surface area contributed by atoms with Crippen LogP contribution in [0.3, 0.4) is 0 Å². The summed E-state index contributed by atoms with van der Waals surface area (Å²) < 4.78 is 43.8. The minimum absolute atomic E-state index is 0.252. The molecule has 0 fully saturated rings. The number of benzene rings is 1. The summed E-state index contributed by atoms with van der Waals surface area (Å²) in [7, 11) is 0. The van der Waals surface area contributed by atoms with Gasteiger partial charge in [0.25, 0.3) is 5.97 Å². The Labute approximate surface area is 125 Å². The SMILES string of the molecule is CCOC(OCC)(OCC)C(C)Cc1ccc(F)cc1F. The molecule has 1 unspecified atom stereocenters. The molecule has 0 aromatic heterocycles. The van der Waals surface area contributed by atoms with Gasteiger partial charge in [0.05, 0.1) is 0 Å². The van der Waals surface area contributed by atoms with E-state index >= 15 is 0 Å². The Bertz CT molecular complexity index is 421. The lowest BCUT2D eigenvalue weighted by molar-refractivity contribution is -0.399. The van der Waals surface area contributed by atoms with Gasteiger partial charge in [-0.05, 0) is 38.8 Å². The highest BCUT2D eigenvalue weighted by Crippen LogP contribution is 2.29. The predicted octanol–water partition coefficient (Wildman–Crippen LogP) is 3.91. The summed E-state index contributed by atoms with van der Waals surface area (Å²) in [5.74, 6) is -2.62. The van der Waals surface area contributed by atoms with Crippen LogP contribution in [0.4, 0.5) is 8.78 Å². The molecule has 0 radical (unpaired) electrons. The average Bonchev–Trinajstić information content (AvgIpc) is 2.42. The summed E-state index contributed by atoms with van der Waals surface area (Å²) in [6.45, 7) is 8.64. The normalized spacial score (nSPS) is 13.4. The van der Waals surface area contributed by atoms with Gasteiger partial charge in [0.15, 0.2) is 0 Å². The predicted molar refractivity (Wildman–Crippen MR) is 76.8 cm³/mol. The maximum absolute atomic E-state index is 13.8. The van der Waals surface area contributed by atoms with E-state index in [1.807, 2.05) is 27.7 Å². The van der Waals surface area contributed by atoms with Gasteiger partial charge in [-0.15, -0.1) is 0 Å². The van der Waals surface area contributed by atoms with Crippen molar-refractivity contribution < 1.29 is 23.0 Å². The summed E-state index contributed by atoms with van der Waals surface area (Å²) in [6, 6.07) is 3.57. The van der Waals surface area contributed by atoms with Gasteiger partial charge in [0.2, 0.25) is 0 Å². The molecular formula is C16H24F2O3. The lowest BCUT2D eigenvalue weighted by Crippen LogP contribution is -2.46. The lowest BCUT2D eigenvalue weighted by atomic mass is 9.98. The Morgan fingerprint density at radius 1 is 1.00 bits per heavy atom. The van der Waals surface area contributed by atoms with Crippen LogP contribution in [-0.4, -0.2) is 25.8 Å². The molecule has 1 atom stereocenters. The zero-order chi connectivity index (χ0) is 15.9. The van der Waals surface area contributed by atoms with Crippen LogP contribution in [0.1, 0.15) is 33.3 Å². The molecule has 0 amide bonds. The van der Waals surface area contributed by atoms with Crippen LogP contribution < -0.4 is 0 Å². The fraction of sp³-hybridized carbons (Fsp3) is 0.625. The molecule has 0 N–H and O–H groups in total. The zero-order valence-corrected chi connectivity index (χ0v) is 13.1. The first kappa shape index (κ1) is 18.0. The van der Waals surface area contributed by atoms with Crippen LogP contribution in [0.25, 0.3) is 0 Å². The first-order valence-corrected chi connectivity index (χ1v) is 7.34. The van der Waals surface area contributed by atoms with Crippen molar-refractivity contribution in [2.75, 3.05) is 19.8 Å². The minimum atomic E-state index is -1.21. The summed E-state index contributed by atoms with van der Waals surface area (Å²) >= 11 is 0. The van der Waals surface area contributed by atoms with Crippen molar-refractivity contribution in [3.63, 3.8) is 0 Å². The molecule has 0 saturated heterocycles. The lowest BCUT2D eigenvalue weighted by Gasteiger charge is -2.37. The molecule has 0 heterocycles. The topological polar surface area (TPSA) is 27.7 Å². The summed E-state index contributed by atoms with van der Waals surface area (Å²) in [4.78, 5) is 0. The molecule has 0 aliphatic heterocycles. The number of hydrogen-bond acceptors (Lipinski definition) is 3. The zero-order valence-electron chi connectivity index (χ0n) is 13.1. The van der Waals surface area contributed by atoms with Gasteiger partial charge < -0.3 is 14.2 Å². The molecule has 0 spiro atoms. The minimum Gasteiger partial charge on any atom is -0.328 e. The third kappa shape index (κ3) is 4.73. The largest absolute Gasteiger partial charge is 0.328 e. The Balaban J connectivity index is 2.95. The average molecular weight is 302 g/mol. The van der Waals surface area contributed by atoms with E-state index in [-0.39, 0.29) is 5.92 Å². The highest BCUT2D eigenvalue weighted by atomic mass is 19.1. The molecule has 5 heteroatoms. The van der Waals surface area contributed by atoms with Crippen LogP contribution in [-0.2, 0) is 20.6 Å². The van der Waals surface area contributed by atoms with E-state index < -0.39 is 17.6 Å². The molecule has 0 aliphatic carbocycles. The second kappa shape index (κ2) is 8.41. The molecule has 21 heavy (non-hydrogen) atoms. The Morgan fingerprint density at radius 2 is 1.52 bits per heavy atom. The summed E-state index contributed by atoms with van der Waals surface area (Å²) in [5.41, 5.74) is 0.410. The van der Waals surface area contributed by atoms with Crippen molar-refractivity contribution in [1.82, 2.24) is 0 Å². The molecule has 0 aliphatic rings. The number of rotatable bonds is 9. The monoisotopic (exact) mass is 302 g/mol.